The smallest absolute Gasteiger partial charge is 0.410 e. The molecule has 5 nitrogen and oxygen atoms in total. The van der Waals surface area contributed by atoms with Gasteiger partial charge in [0.25, 0.3) is 0 Å². The molecule has 0 radical (unpaired) electrons. The number of rotatable bonds is 4. The van der Waals surface area contributed by atoms with Gasteiger partial charge in [-0.1, -0.05) is 67.8 Å². The molecule has 0 spiro atoms. The first kappa shape index (κ1) is 19.5. The quantitative estimate of drug-likeness (QED) is 0.790. The molecule has 4 rings (SSSR count). The van der Waals surface area contributed by atoms with Crippen LogP contribution in [0, 0.1) is 0 Å². The van der Waals surface area contributed by atoms with Crippen LogP contribution in [0.3, 0.4) is 0 Å². The van der Waals surface area contributed by atoms with Gasteiger partial charge in [-0.25, -0.2) is 9.59 Å². The fourth-order valence-electron chi connectivity index (χ4n) is 5.28. The number of nitrogens with zero attached hydrogens (tertiary/aromatic N) is 1. The van der Waals surface area contributed by atoms with Crippen molar-refractivity contribution < 1.29 is 19.4 Å². The minimum absolute atomic E-state index is 0.141. The summed E-state index contributed by atoms with van der Waals surface area (Å²) in [4.78, 5) is 27.4. The molecule has 2 aromatic carbocycles. The Hall–Kier alpha value is -2.82. The van der Waals surface area contributed by atoms with Gasteiger partial charge in [-0.05, 0) is 42.0 Å². The summed E-state index contributed by atoms with van der Waals surface area (Å²) in [5.41, 5.74) is 2.51. The summed E-state index contributed by atoms with van der Waals surface area (Å²) < 4.78 is 5.12. The van der Waals surface area contributed by atoms with E-state index in [1.807, 2.05) is 48.5 Å². The van der Waals surface area contributed by atoms with Gasteiger partial charge in [-0.15, -0.1) is 0 Å². The second-order valence-electron chi connectivity index (χ2n) is 8.19. The van der Waals surface area contributed by atoms with E-state index >= 15 is 0 Å². The SMILES string of the molecule is COC(=O)N(C1CCCCC1)[C@@](C)(C(=O)O)C1c2ccccc2-c2ccccc21. The van der Waals surface area contributed by atoms with Crippen molar-refractivity contribution in [3.63, 3.8) is 0 Å². The number of hydrogen-bond donors (Lipinski definition) is 1. The van der Waals surface area contributed by atoms with E-state index in [1.165, 1.54) is 12.0 Å². The molecule has 0 bridgehead atoms. The van der Waals surface area contributed by atoms with E-state index in [-0.39, 0.29) is 6.04 Å². The molecule has 1 amide bonds. The van der Waals surface area contributed by atoms with Crippen LogP contribution in [0.4, 0.5) is 4.79 Å². The first-order valence-electron chi connectivity index (χ1n) is 10.3. The van der Waals surface area contributed by atoms with Crippen LogP contribution in [0.15, 0.2) is 48.5 Å². The minimum atomic E-state index is -1.46. The van der Waals surface area contributed by atoms with Gasteiger partial charge < -0.3 is 9.84 Å². The molecular weight excluding hydrogens is 366 g/mol. The maximum Gasteiger partial charge on any atom is 0.410 e. The van der Waals surface area contributed by atoms with Crippen molar-refractivity contribution in [1.29, 1.82) is 0 Å². The van der Waals surface area contributed by atoms with E-state index in [0.717, 1.165) is 54.4 Å². The molecule has 1 fully saturated rings. The highest BCUT2D eigenvalue weighted by Crippen LogP contribution is 2.52. The summed E-state index contributed by atoms with van der Waals surface area (Å²) in [6, 6.07) is 15.7. The number of amides is 1. The van der Waals surface area contributed by atoms with E-state index in [0.29, 0.717) is 0 Å². The number of aliphatic carboxylic acids is 1. The molecule has 29 heavy (non-hydrogen) atoms. The van der Waals surface area contributed by atoms with Gasteiger partial charge in [0.2, 0.25) is 0 Å². The molecule has 1 N–H and O–H groups in total. The Kier molecular flexibility index (Phi) is 5.07. The van der Waals surface area contributed by atoms with Crippen molar-refractivity contribution in [2.75, 3.05) is 7.11 Å². The molecule has 2 aliphatic carbocycles. The van der Waals surface area contributed by atoms with E-state index < -0.39 is 23.5 Å². The average molecular weight is 393 g/mol. The molecule has 152 valence electrons. The maximum atomic E-state index is 13.0. The lowest BCUT2D eigenvalue weighted by Crippen LogP contribution is -2.62. The summed E-state index contributed by atoms with van der Waals surface area (Å²) >= 11 is 0. The lowest BCUT2D eigenvalue weighted by molar-refractivity contribution is -0.152. The van der Waals surface area contributed by atoms with Crippen molar-refractivity contribution in [2.45, 2.75) is 56.5 Å². The van der Waals surface area contributed by atoms with Crippen LogP contribution in [-0.2, 0) is 9.53 Å². The van der Waals surface area contributed by atoms with Crippen molar-refractivity contribution >= 4 is 12.1 Å². The molecule has 1 saturated carbocycles. The monoisotopic (exact) mass is 393 g/mol. The number of carboxylic acids is 1. The highest BCUT2D eigenvalue weighted by atomic mass is 16.5. The van der Waals surface area contributed by atoms with E-state index in [4.69, 9.17) is 4.74 Å². The van der Waals surface area contributed by atoms with E-state index in [2.05, 4.69) is 0 Å². The summed E-state index contributed by atoms with van der Waals surface area (Å²) in [6.45, 7) is 1.68. The lowest BCUT2D eigenvalue weighted by atomic mass is 9.76. The molecule has 2 aliphatic rings. The van der Waals surface area contributed by atoms with Crippen LogP contribution in [0.2, 0.25) is 0 Å². The Labute approximate surface area is 171 Å². The summed E-state index contributed by atoms with van der Waals surface area (Å²) in [7, 11) is 1.33. The first-order valence-corrected chi connectivity index (χ1v) is 10.3. The topological polar surface area (TPSA) is 66.8 Å². The van der Waals surface area contributed by atoms with Crippen LogP contribution in [0.25, 0.3) is 11.1 Å². The number of methoxy groups -OCH3 is 1. The molecule has 5 heteroatoms. The number of benzene rings is 2. The summed E-state index contributed by atoms with van der Waals surface area (Å²) in [6.07, 6.45) is 4.13. The normalized spacial score (nSPS) is 18.4. The Morgan fingerprint density at radius 1 is 0.966 bits per heavy atom. The van der Waals surface area contributed by atoms with Crippen LogP contribution < -0.4 is 0 Å². The number of ether oxygens (including phenoxy) is 1. The third kappa shape index (κ3) is 3.00. The van der Waals surface area contributed by atoms with E-state index in [1.54, 1.807) is 6.92 Å². The Bertz CT molecular complexity index is 888. The van der Waals surface area contributed by atoms with Gasteiger partial charge in [0.1, 0.15) is 0 Å². The summed E-state index contributed by atoms with van der Waals surface area (Å²) in [5.74, 6) is -1.47. The zero-order chi connectivity index (χ0) is 20.6. The lowest BCUT2D eigenvalue weighted by Gasteiger charge is -2.46. The van der Waals surface area contributed by atoms with Gasteiger partial charge >= 0.3 is 12.1 Å². The second kappa shape index (κ2) is 7.54. The predicted octanol–water partition coefficient (Wildman–Crippen LogP) is 5.04. The number of carbonyl (C=O) groups excluding carboxylic acids is 1. The molecule has 0 aromatic heterocycles. The third-order valence-electron chi connectivity index (χ3n) is 6.64. The van der Waals surface area contributed by atoms with Crippen LogP contribution in [-0.4, -0.2) is 40.8 Å². The predicted molar refractivity (Wildman–Crippen MR) is 111 cm³/mol. The molecule has 0 unspecified atom stereocenters. The van der Waals surface area contributed by atoms with Crippen LogP contribution in [0.5, 0.6) is 0 Å². The van der Waals surface area contributed by atoms with E-state index in [9.17, 15) is 14.7 Å². The van der Waals surface area contributed by atoms with Gasteiger partial charge in [0.15, 0.2) is 5.54 Å². The molecule has 2 aromatic rings. The number of carbonyl (C=O) groups is 2. The molecular formula is C24H27NO4. The highest BCUT2D eigenvalue weighted by molar-refractivity contribution is 5.90. The zero-order valence-corrected chi connectivity index (χ0v) is 16.9. The molecule has 1 atom stereocenters. The number of carboxylic acid groups (broad SMARTS) is 1. The van der Waals surface area contributed by atoms with Crippen LogP contribution in [0.1, 0.15) is 56.1 Å². The minimum Gasteiger partial charge on any atom is -0.479 e. The largest absolute Gasteiger partial charge is 0.479 e. The van der Waals surface area contributed by atoms with Gasteiger partial charge in [0, 0.05) is 12.0 Å². The molecule has 0 saturated heterocycles. The Morgan fingerprint density at radius 2 is 1.48 bits per heavy atom. The van der Waals surface area contributed by atoms with Crippen molar-refractivity contribution in [3.05, 3.63) is 59.7 Å². The number of fused-ring (bicyclic) bond motifs is 3. The third-order valence-corrected chi connectivity index (χ3v) is 6.64. The maximum absolute atomic E-state index is 13.0. The number of hydrogen-bond acceptors (Lipinski definition) is 3. The molecule has 0 heterocycles. The van der Waals surface area contributed by atoms with Gasteiger partial charge in [0.05, 0.1) is 7.11 Å². The Balaban J connectivity index is 1.92. The average Bonchev–Trinajstić information content (AvgIpc) is 3.09. The summed E-state index contributed by atoms with van der Waals surface area (Å²) in [5, 5.41) is 10.5. The zero-order valence-electron chi connectivity index (χ0n) is 16.9. The standard InChI is InChI=1S/C24H27NO4/c1-24(22(26)27,25(23(28)29-2)16-10-4-3-5-11-16)21-19-14-8-6-12-17(19)18-13-7-9-15-20(18)21/h6-9,12-16,21H,3-5,10-11H2,1-2H3,(H,26,27)/t24-/m1/s1. The van der Waals surface area contributed by atoms with Crippen LogP contribution >= 0.6 is 0 Å². The van der Waals surface area contributed by atoms with Crippen molar-refractivity contribution in [2.24, 2.45) is 0 Å². The fourth-order valence-corrected chi connectivity index (χ4v) is 5.28. The first-order chi connectivity index (χ1) is 14.0. The Morgan fingerprint density at radius 3 is 1.97 bits per heavy atom. The van der Waals surface area contributed by atoms with Crippen molar-refractivity contribution in [1.82, 2.24) is 4.90 Å². The highest BCUT2D eigenvalue weighted by Gasteiger charge is 2.55. The molecule has 0 aliphatic heterocycles. The van der Waals surface area contributed by atoms with Gasteiger partial charge in [-0.3, -0.25) is 4.90 Å². The second-order valence-corrected chi connectivity index (χ2v) is 8.19. The van der Waals surface area contributed by atoms with Crippen molar-refractivity contribution in [3.8, 4) is 11.1 Å². The van der Waals surface area contributed by atoms with Gasteiger partial charge in [-0.2, -0.15) is 0 Å². The fraction of sp³-hybridized carbons (Fsp3) is 0.417.